The van der Waals surface area contributed by atoms with Crippen LogP contribution in [0.4, 0.5) is 13.2 Å². The lowest BCUT2D eigenvalue weighted by atomic mass is 10.1. The second-order valence-corrected chi connectivity index (χ2v) is 4.06. The Morgan fingerprint density at radius 1 is 1.05 bits per heavy atom. The van der Waals surface area contributed by atoms with Crippen molar-refractivity contribution in [2.24, 2.45) is 0 Å². The van der Waals surface area contributed by atoms with Gasteiger partial charge in [-0.2, -0.15) is 20.1 Å². The fraction of sp³-hybridized carbons (Fsp3) is 0.0833. The van der Waals surface area contributed by atoms with E-state index in [1.165, 1.54) is 10.7 Å². The number of fused-ring (bicyclic) bond motifs is 1. The van der Waals surface area contributed by atoms with E-state index in [0.29, 0.717) is 22.2 Å². The van der Waals surface area contributed by atoms with E-state index in [4.69, 9.17) is 5.26 Å². The van der Waals surface area contributed by atoms with Crippen LogP contribution >= 0.6 is 0 Å². The molecule has 100 valence electrons. The van der Waals surface area contributed by atoms with Gasteiger partial charge in [0.1, 0.15) is 6.07 Å². The third kappa shape index (κ3) is 1.89. The van der Waals surface area contributed by atoms with Crippen molar-refractivity contribution < 1.29 is 13.2 Å². The van der Waals surface area contributed by atoms with Crippen molar-refractivity contribution in [2.75, 3.05) is 0 Å². The molecule has 8 heteroatoms. The van der Waals surface area contributed by atoms with Crippen LogP contribution in [0.5, 0.6) is 0 Å². The molecule has 0 saturated carbocycles. The average molecular weight is 277 g/mol. The van der Waals surface area contributed by atoms with Crippen LogP contribution in [0.1, 0.15) is 5.56 Å². The summed E-state index contributed by atoms with van der Waals surface area (Å²) in [5, 5.41) is 16.1. The molecule has 20 heavy (non-hydrogen) atoms. The Kier molecular flexibility index (Phi) is 2.50. The molecule has 0 aliphatic carbocycles. The van der Waals surface area contributed by atoms with Gasteiger partial charge < -0.3 is 0 Å². The molecule has 3 aromatic rings. The molecule has 0 N–H and O–H groups in total. The number of nitriles is 1. The van der Waals surface area contributed by atoms with Crippen LogP contribution in [-0.4, -0.2) is 19.4 Å². The average Bonchev–Trinajstić information content (AvgIpc) is 3.04. The molecule has 0 unspecified atom stereocenters. The summed E-state index contributed by atoms with van der Waals surface area (Å²) < 4.78 is 38.8. The number of hydrogen-bond acceptors (Lipinski definition) is 3. The molecular formula is C12H6F3N5. The van der Waals surface area contributed by atoms with Crippen LogP contribution in [0.15, 0.2) is 36.9 Å². The molecule has 0 amide bonds. The molecule has 3 rings (SSSR count). The van der Waals surface area contributed by atoms with Crippen molar-refractivity contribution in [1.29, 1.82) is 5.26 Å². The van der Waals surface area contributed by atoms with E-state index in [0.717, 1.165) is 12.4 Å². The first-order chi connectivity index (χ1) is 9.49. The van der Waals surface area contributed by atoms with Crippen molar-refractivity contribution in [3.8, 4) is 17.2 Å². The molecule has 0 fully saturated rings. The standard InChI is InChI=1S/C12H6F3N5/c13-12(14,15)20-7-10(5-18-20)8-1-2-11-9(3-16)4-17-19(11)6-8/h1-2,4-7H. The summed E-state index contributed by atoms with van der Waals surface area (Å²) in [6, 6.07) is 5.24. The third-order valence-electron chi connectivity index (χ3n) is 2.81. The molecule has 0 saturated heterocycles. The third-order valence-corrected chi connectivity index (χ3v) is 2.81. The number of nitrogens with zero attached hydrogens (tertiary/aromatic N) is 5. The minimum absolute atomic E-state index is 0.0592. The number of alkyl halides is 3. The molecule has 0 aromatic carbocycles. The van der Waals surface area contributed by atoms with Crippen molar-refractivity contribution in [1.82, 2.24) is 19.4 Å². The first-order valence-electron chi connectivity index (χ1n) is 5.49. The van der Waals surface area contributed by atoms with Crippen LogP contribution in [-0.2, 0) is 6.30 Å². The van der Waals surface area contributed by atoms with Crippen LogP contribution in [0.25, 0.3) is 16.6 Å². The maximum absolute atomic E-state index is 12.5. The summed E-state index contributed by atoms with van der Waals surface area (Å²) in [6.07, 6.45) is 0.438. The highest BCUT2D eigenvalue weighted by Crippen LogP contribution is 2.26. The van der Waals surface area contributed by atoms with Gasteiger partial charge in [0.15, 0.2) is 0 Å². The monoisotopic (exact) mass is 277 g/mol. The van der Waals surface area contributed by atoms with Crippen molar-refractivity contribution in [3.63, 3.8) is 0 Å². The van der Waals surface area contributed by atoms with Crippen LogP contribution < -0.4 is 0 Å². The van der Waals surface area contributed by atoms with Crippen LogP contribution in [0, 0.1) is 11.3 Å². The zero-order valence-electron chi connectivity index (χ0n) is 9.83. The SMILES string of the molecule is N#Cc1cnn2cc(-c3cnn(C(F)(F)F)c3)ccc12. The first kappa shape index (κ1) is 12.2. The van der Waals surface area contributed by atoms with Gasteiger partial charge in [-0.05, 0) is 6.07 Å². The zero-order valence-corrected chi connectivity index (χ0v) is 9.83. The summed E-state index contributed by atoms with van der Waals surface area (Å²) in [5.41, 5.74) is 1.85. The lowest BCUT2D eigenvalue weighted by Gasteiger charge is -2.04. The molecule has 3 aromatic heterocycles. The second-order valence-electron chi connectivity index (χ2n) is 4.06. The maximum atomic E-state index is 12.5. The molecule has 5 nitrogen and oxygen atoms in total. The fourth-order valence-corrected chi connectivity index (χ4v) is 1.85. The predicted molar refractivity (Wildman–Crippen MR) is 62.4 cm³/mol. The predicted octanol–water partition coefficient (Wildman–Crippen LogP) is 2.55. The van der Waals surface area contributed by atoms with Crippen molar-refractivity contribution in [3.05, 3.63) is 42.5 Å². The minimum Gasteiger partial charge on any atom is -0.239 e. The molecule has 0 aliphatic rings. The summed E-state index contributed by atoms with van der Waals surface area (Å²) in [4.78, 5) is 0. The lowest BCUT2D eigenvalue weighted by molar-refractivity contribution is -0.212. The topological polar surface area (TPSA) is 58.9 Å². The normalized spacial score (nSPS) is 11.7. The Labute approximate surface area is 110 Å². The smallest absolute Gasteiger partial charge is 0.239 e. The summed E-state index contributed by atoms with van der Waals surface area (Å²) >= 11 is 0. The van der Waals surface area contributed by atoms with Gasteiger partial charge >= 0.3 is 6.30 Å². The quantitative estimate of drug-likeness (QED) is 0.686. The Hall–Kier alpha value is -2.82. The fourth-order valence-electron chi connectivity index (χ4n) is 1.85. The number of rotatable bonds is 1. The second kappa shape index (κ2) is 4.09. The number of aromatic nitrogens is 4. The van der Waals surface area contributed by atoms with E-state index in [2.05, 4.69) is 10.2 Å². The van der Waals surface area contributed by atoms with E-state index in [9.17, 15) is 13.2 Å². The molecule has 0 aliphatic heterocycles. The van der Waals surface area contributed by atoms with Gasteiger partial charge in [-0.25, -0.2) is 4.52 Å². The van der Waals surface area contributed by atoms with Gasteiger partial charge in [0.25, 0.3) is 0 Å². The van der Waals surface area contributed by atoms with E-state index in [1.54, 1.807) is 18.3 Å². The van der Waals surface area contributed by atoms with E-state index < -0.39 is 6.30 Å². The first-order valence-corrected chi connectivity index (χ1v) is 5.49. The highest BCUT2D eigenvalue weighted by molar-refractivity contribution is 5.67. The van der Waals surface area contributed by atoms with Crippen molar-refractivity contribution >= 4 is 5.52 Å². The molecule has 0 spiro atoms. The number of pyridine rings is 1. The lowest BCUT2D eigenvalue weighted by Crippen LogP contribution is -2.16. The highest BCUT2D eigenvalue weighted by Gasteiger charge is 2.31. The molecule has 0 radical (unpaired) electrons. The van der Waals surface area contributed by atoms with Crippen molar-refractivity contribution in [2.45, 2.75) is 6.30 Å². The molecule has 3 heterocycles. The molecule has 0 atom stereocenters. The Bertz CT molecular complexity index is 822. The Morgan fingerprint density at radius 3 is 2.50 bits per heavy atom. The van der Waals surface area contributed by atoms with E-state index in [-0.39, 0.29) is 4.68 Å². The molecule has 0 bridgehead atoms. The van der Waals surface area contributed by atoms with Gasteiger partial charge in [0, 0.05) is 23.5 Å². The zero-order chi connectivity index (χ0) is 14.3. The number of halogens is 3. The van der Waals surface area contributed by atoms with Crippen LogP contribution in [0.3, 0.4) is 0 Å². The van der Waals surface area contributed by atoms with Gasteiger partial charge in [-0.3, -0.25) is 0 Å². The maximum Gasteiger partial charge on any atom is 0.504 e. The van der Waals surface area contributed by atoms with E-state index in [1.807, 2.05) is 6.07 Å². The minimum atomic E-state index is -4.54. The summed E-state index contributed by atoms with van der Waals surface area (Å²) in [7, 11) is 0. The Balaban J connectivity index is 2.07. The van der Waals surface area contributed by atoms with Gasteiger partial charge in [0.05, 0.1) is 23.5 Å². The summed E-state index contributed by atoms with van der Waals surface area (Å²) in [5.74, 6) is 0. The van der Waals surface area contributed by atoms with Crippen LogP contribution in [0.2, 0.25) is 0 Å². The van der Waals surface area contributed by atoms with Gasteiger partial charge in [-0.1, -0.05) is 6.07 Å². The van der Waals surface area contributed by atoms with Gasteiger partial charge in [0.2, 0.25) is 0 Å². The van der Waals surface area contributed by atoms with Gasteiger partial charge in [-0.15, -0.1) is 13.2 Å². The molecular weight excluding hydrogens is 271 g/mol. The highest BCUT2D eigenvalue weighted by atomic mass is 19.4. The van der Waals surface area contributed by atoms with E-state index >= 15 is 0 Å². The summed E-state index contributed by atoms with van der Waals surface area (Å²) in [6.45, 7) is 0. The largest absolute Gasteiger partial charge is 0.504 e. The number of hydrogen-bond donors (Lipinski definition) is 0. The Morgan fingerprint density at radius 2 is 1.85 bits per heavy atom.